The van der Waals surface area contributed by atoms with Gasteiger partial charge < -0.3 is 15.4 Å². The lowest BCUT2D eigenvalue weighted by Gasteiger charge is -2.31. The maximum Gasteiger partial charge on any atom is 0.407 e. The van der Waals surface area contributed by atoms with Crippen LogP contribution >= 0.6 is 0 Å². The van der Waals surface area contributed by atoms with Crippen LogP contribution in [0, 0.1) is 0 Å². The first-order chi connectivity index (χ1) is 9.71. The minimum absolute atomic E-state index is 0.0274. The van der Waals surface area contributed by atoms with Crippen molar-refractivity contribution in [3.05, 3.63) is 11.6 Å². The van der Waals surface area contributed by atoms with Crippen LogP contribution < -0.4 is 10.6 Å². The number of hydrogen-bond donors (Lipinski definition) is 2. The second-order valence-corrected chi connectivity index (χ2v) is 6.65. The summed E-state index contributed by atoms with van der Waals surface area (Å²) in [5.41, 5.74) is 0.229. The molecular weight excluding hydrogens is 268 g/mol. The SMILES string of the molecule is C/C=C(\C)C(=O)N[C@H]1CCC[C@@H](NC(=O)OC(C)(C)C)C1. The summed E-state index contributed by atoms with van der Waals surface area (Å²) >= 11 is 0. The molecule has 1 fully saturated rings. The molecule has 1 rings (SSSR count). The van der Waals surface area contributed by atoms with Gasteiger partial charge in [-0.3, -0.25) is 4.79 Å². The molecule has 21 heavy (non-hydrogen) atoms. The van der Waals surface area contributed by atoms with Gasteiger partial charge in [-0.1, -0.05) is 6.08 Å². The summed E-state index contributed by atoms with van der Waals surface area (Å²) in [4.78, 5) is 23.6. The fraction of sp³-hybridized carbons (Fsp3) is 0.750. The molecular formula is C16H28N2O3. The highest BCUT2D eigenvalue weighted by atomic mass is 16.6. The maximum atomic E-state index is 11.9. The van der Waals surface area contributed by atoms with Crippen molar-refractivity contribution in [3.8, 4) is 0 Å². The summed E-state index contributed by atoms with van der Waals surface area (Å²) in [5, 5.41) is 5.92. The Morgan fingerprint density at radius 3 is 2.24 bits per heavy atom. The van der Waals surface area contributed by atoms with E-state index in [1.807, 2.05) is 27.7 Å². The topological polar surface area (TPSA) is 67.4 Å². The molecule has 0 aromatic carbocycles. The number of amides is 2. The minimum atomic E-state index is -0.491. The van der Waals surface area contributed by atoms with Gasteiger partial charge in [-0.25, -0.2) is 4.79 Å². The number of carbonyl (C=O) groups is 2. The van der Waals surface area contributed by atoms with E-state index in [9.17, 15) is 9.59 Å². The molecule has 0 aromatic heterocycles. The van der Waals surface area contributed by atoms with Gasteiger partial charge in [-0.15, -0.1) is 0 Å². The third kappa shape index (κ3) is 6.65. The Morgan fingerprint density at radius 2 is 1.71 bits per heavy atom. The second kappa shape index (κ2) is 7.48. The number of nitrogens with one attached hydrogen (secondary N) is 2. The molecule has 2 N–H and O–H groups in total. The summed E-state index contributed by atoms with van der Waals surface area (Å²) in [6.07, 6.45) is 5.03. The van der Waals surface area contributed by atoms with Crippen LogP contribution in [0.25, 0.3) is 0 Å². The summed E-state index contributed by atoms with van der Waals surface area (Å²) in [6.45, 7) is 9.18. The molecule has 1 aliphatic carbocycles. The molecule has 120 valence electrons. The molecule has 0 bridgehead atoms. The van der Waals surface area contributed by atoms with Crippen molar-refractivity contribution in [2.24, 2.45) is 0 Å². The predicted octanol–water partition coefficient (Wildman–Crippen LogP) is 2.90. The number of ether oxygens (including phenoxy) is 1. The van der Waals surface area contributed by atoms with Gasteiger partial charge in [0.2, 0.25) is 5.91 Å². The molecule has 5 heteroatoms. The summed E-state index contributed by atoms with van der Waals surface area (Å²) < 4.78 is 5.27. The zero-order valence-corrected chi connectivity index (χ0v) is 13.8. The third-order valence-electron chi connectivity index (χ3n) is 3.52. The van der Waals surface area contributed by atoms with Gasteiger partial charge in [-0.05, 0) is 60.3 Å². The van der Waals surface area contributed by atoms with Crippen molar-refractivity contribution < 1.29 is 14.3 Å². The van der Waals surface area contributed by atoms with E-state index in [0.717, 1.165) is 31.3 Å². The van der Waals surface area contributed by atoms with Crippen molar-refractivity contribution in [1.29, 1.82) is 0 Å². The van der Waals surface area contributed by atoms with Crippen LogP contribution in [-0.4, -0.2) is 29.7 Å². The van der Waals surface area contributed by atoms with Crippen molar-refractivity contribution in [1.82, 2.24) is 10.6 Å². The summed E-state index contributed by atoms with van der Waals surface area (Å²) in [7, 11) is 0. The van der Waals surface area contributed by atoms with E-state index in [1.54, 1.807) is 13.0 Å². The van der Waals surface area contributed by atoms with Gasteiger partial charge in [0.15, 0.2) is 0 Å². The van der Waals surface area contributed by atoms with Gasteiger partial charge in [-0.2, -0.15) is 0 Å². The third-order valence-corrected chi connectivity index (χ3v) is 3.52. The van der Waals surface area contributed by atoms with Crippen molar-refractivity contribution >= 4 is 12.0 Å². The minimum Gasteiger partial charge on any atom is -0.444 e. The highest BCUT2D eigenvalue weighted by molar-refractivity contribution is 5.92. The molecule has 1 saturated carbocycles. The van der Waals surface area contributed by atoms with Crippen LogP contribution in [0.4, 0.5) is 4.79 Å². The highest BCUT2D eigenvalue weighted by Crippen LogP contribution is 2.19. The van der Waals surface area contributed by atoms with Gasteiger partial charge in [0, 0.05) is 17.7 Å². The zero-order valence-electron chi connectivity index (χ0n) is 13.8. The Kier molecular flexibility index (Phi) is 6.24. The molecule has 2 amide bonds. The molecule has 0 saturated heterocycles. The highest BCUT2D eigenvalue weighted by Gasteiger charge is 2.26. The van der Waals surface area contributed by atoms with Crippen LogP contribution in [0.5, 0.6) is 0 Å². The van der Waals surface area contributed by atoms with E-state index < -0.39 is 5.60 Å². The first-order valence-corrected chi connectivity index (χ1v) is 7.64. The quantitative estimate of drug-likeness (QED) is 0.787. The fourth-order valence-corrected chi connectivity index (χ4v) is 2.36. The van der Waals surface area contributed by atoms with Crippen LogP contribution in [0.2, 0.25) is 0 Å². The molecule has 0 aromatic rings. The zero-order chi connectivity index (χ0) is 16.0. The van der Waals surface area contributed by atoms with E-state index in [4.69, 9.17) is 4.74 Å². The molecule has 0 unspecified atom stereocenters. The number of alkyl carbamates (subject to hydrolysis) is 1. The molecule has 2 atom stereocenters. The lowest BCUT2D eigenvalue weighted by Crippen LogP contribution is -2.47. The Bertz CT molecular complexity index is 410. The van der Waals surface area contributed by atoms with E-state index in [0.29, 0.717) is 0 Å². The first kappa shape index (κ1) is 17.5. The van der Waals surface area contributed by atoms with Gasteiger partial charge in [0.25, 0.3) is 0 Å². The Labute approximate surface area is 127 Å². The van der Waals surface area contributed by atoms with Crippen LogP contribution in [-0.2, 0) is 9.53 Å². The second-order valence-electron chi connectivity index (χ2n) is 6.65. The van der Waals surface area contributed by atoms with Crippen molar-refractivity contribution in [2.45, 2.75) is 78.0 Å². The van der Waals surface area contributed by atoms with Crippen LogP contribution in [0.1, 0.15) is 60.3 Å². The van der Waals surface area contributed by atoms with Crippen LogP contribution in [0.3, 0.4) is 0 Å². The van der Waals surface area contributed by atoms with Gasteiger partial charge in [0.1, 0.15) is 5.60 Å². The van der Waals surface area contributed by atoms with Gasteiger partial charge in [0.05, 0.1) is 0 Å². The fourth-order valence-electron chi connectivity index (χ4n) is 2.36. The number of carbonyl (C=O) groups excluding carboxylic acids is 2. The monoisotopic (exact) mass is 296 g/mol. The lowest BCUT2D eigenvalue weighted by molar-refractivity contribution is -0.118. The largest absolute Gasteiger partial charge is 0.444 e. The Balaban J connectivity index is 2.45. The van der Waals surface area contributed by atoms with E-state index in [1.165, 1.54) is 0 Å². The molecule has 5 nitrogen and oxygen atoms in total. The average Bonchev–Trinajstić information content (AvgIpc) is 2.35. The molecule has 0 spiro atoms. The molecule has 0 heterocycles. The number of allylic oxidation sites excluding steroid dienone is 1. The Morgan fingerprint density at radius 1 is 1.14 bits per heavy atom. The average molecular weight is 296 g/mol. The number of rotatable bonds is 3. The van der Waals surface area contributed by atoms with E-state index >= 15 is 0 Å². The maximum absolute atomic E-state index is 11.9. The normalized spacial score (nSPS) is 23.4. The molecule has 0 aliphatic heterocycles. The standard InChI is InChI=1S/C16H28N2O3/c1-6-11(2)14(19)17-12-8-7-9-13(10-12)18-15(20)21-16(3,4)5/h6,12-13H,7-10H2,1-5H3,(H,17,19)(H,18,20)/b11-6+/t12-,13+/m0/s1. The van der Waals surface area contributed by atoms with Crippen LogP contribution in [0.15, 0.2) is 11.6 Å². The smallest absolute Gasteiger partial charge is 0.407 e. The number of hydrogen-bond acceptors (Lipinski definition) is 3. The molecule has 0 radical (unpaired) electrons. The predicted molar refractivity (Wildman–Crippen MR) is 83.0 cm³/mol. The van der Waals surface area contributed by atoms with E-state index in [2.05, 4.69) is 10.6 Å². The van der Waals surface area contributed by atoms with Crippen molar-refractivity contribution in [2.75, 3.05) is 0 Å². The summed E-state index contributed by atoms with van der Waals surface area (Å²) in [6, 6.07) is 0.172. The first-order valence-electron chi connectivity index (χ1n) is 7.64. The Hall–Kier alpha value is -1.52. The summed E-state index contributed by atoms with van der Waals surface area (Å²) in [5.74, 6) is -0.0274. The molecule has 1 aliphatic rings. The van der Waals surface area contributed by atoms with Crippen molar-refractivity contribution in [3.63, 3.8) is 0 Å². The lowest BCUT2D eigenvalue weighted by atomic mass is 9.91. The van der Waals surface area contributed by atoms with E-state index in [-0.39, 0.29) is 24.1 Å². The van der Waals surface area contributed by atoms with Gasteiger partial charge >= 0.3 is 6.09 Å².